The molecular formula is C11H18N2O. The molecule has 2 rings (SSSR count). The predicted molar refractivity (Wildman–Crippen MR) is 56.3 cm³/mol. The van der Waals surface area contributed by atoms with Crippen LogP contribution in [0.15, 0.2) is 17.2 Å². The van der Waals surface area contributed by atoms with E-state index in [2.05, 4.69) is 18.8 Å². The molecule has 0 radical (unpaired) electrons. The first-order valence-electron chi connectivity index (χ1n) is 5.42. The van der Waals surface area contributed by atoms with E-state index in [4.69, 9.17) is 0 Å². The molecule has 3 heteroatoms. The largest absolute Gasteiger partial charge is 0.325 e. The minimum Gasteiger partial charge on any atom is -0.313 e. The van der Waals surface area contributed by atoms with Crippen LogP contribution in [0.5, 0.6) is 0 Å². The number of aromatic amines is 1. The molecule has 2 unspecified atom stereocenters. The van der Waals surface area contributed by atoms with Gasteiger partial charge in [0.1, 0.15) is 0 Å². The summed E-state index contributed by atoms with van der Waals surface area (Å²) in [6.45, 7) is 4.56. The van der Waals surface area contributed by atoms with Gasteiger partial charge in [0.15, 0.2) is 0 Å². The molecule has 14 heavy (non-hydrogen) atoms. The normalized spacial score (nSPS) is 33.1. The van der Waals surface area contributed by atoms with Gasteiger partial charge in [0.2, 0.25) is 0 Å². The molecule has 0 saturated heterocycles. The van der Waals surface area contributed by atoms with Crippen molar-refractivity contribution in [3.63, 3.8) is 0 Å². The van der Waals surface area contributed by atoms with Crippen LogP contribution in [0.1, 0.15) is 39.2 Å². The first kappa shape index (κ1) is 9.56. The highest BCUT2D eigenvalue weighted by molar-refractivity contribution is 4.86. The maximum absolute atomic E-state index is 11.4. The average molecular weight is 194 g/mol. The van der Waals surface area contributed by atoms with Crippen LogP contribution in [0, 0.1) is 11.8 Å². The Hall–Kier alpha value is -0.990. The Kier molecular flexibility index (Phi) is 2.48. The van der Waals surface area contributed by atoms with E-state index in [-0.39, 0.29) is 5.69 Å². The molecule has 1 fully saturated rings. The van der Waals surface area contributed by atoms with E-state index in [9.17, 15) is 4.79 Å². The molecule has 1 aliphatic carbocycles. The van der Waals surface area contributed by atoms with E-state index in [0.717, 1.165) is 24.7 Å². The zero-order valence-electron chi connectivity index (χ0n) is 8.86. The number of H-pyrrole nitrogens is 1. The molecule has 1 N–H and O–H groups in total. The van der Waals surface area contributed by atoms with E-state index in [1.165, 1.54) is 6.42 Å². The smallest absolute Gasteiger partial charge is 0.313 e. The fourth-order valence-electron chi connectivity index (χ4n) is 2.75. The topological polar surface area (TPSA) is 37.8 Å². The molecular weight excluding hydrogens is 176 g/mol. The van der Waals surface area contributed by atoms with Gasteiger partial charge in [-0.25, -0.2) is 4.79 Å². The number of hydrogen-bond donors (Lipinski definition) is 1. The molecule has 3 nitrogen and oxygen atoms in total. The molecule has 0 aliphatic heterocycles. The summed E-state index contributed by atoms with van der Waals surface area (Å²) in [6, 6.07) is 0.410. The molecule has 0 bridgehead atoms. The molecule has 1 saturated carbocycles. The molecule has 1 aromatic heterocycles. The Bertz CT molecular complexity index is 342. The van der Waals surface area contributed by atoms with Crippen molar-refractivity contribution in [2.24, 2.45) is 11.8 Å². The standard InChI is InChI=1S/C11H18N2O/c1-8-5-9(2)7-10(6-8)13-4-3-12-11(13)14/h3-4,8-10H,5-7H2,1-2H3,(H,12,14). The first-order chi connectivity index (χ1) is 6.66. The van der Waals surface area contributed by atoms with Crippen molar-refractivity contribution in [1.29, 1.82) is 0 Å². The number of hydrogen-bond acceptors (Lipinski definition) is 1. The minimum atomic E-state index is 0.0382. The lowest BCUT2D eigenvalue weighted by Crippen LogP contribution is -2.28. The summed E-state index contributed by atoms with van der Waals surface area (Å²) in [7, 11) is 0. The summed E-state index contributed by atoms with van der Waals surface area (Å²) in [5.41, 5.74) is 0.0382. The molecule has 0 spiro atoms. The van der Waals surface area contributed by atoms with Crippen molar-refractivity contribution in [1.82, 2.24) is 9.55 Å². The summed E-state index contributed by atoms with van der Waals surface area (Å²) in [5, 5.41) is 0. The Labute approximate surface area is 84.1 Å². The van der Waals surface area contributed by atoms with Crippen LogP contribution in [0.4, 0.5) is 0 Å². The Balaban J connectivity index is 2.19. The second kappa shape index (κ2) is 3.64. The molecule has 2 atom stereocenters. The monoisotopic (exact) mass is 194 g/mol. The second-order valence-corrected chi connectivity index (χ2v) is 4.74. The summed E-state index contributed by atoms with van der Waals surface area (Å²) >= 11 is 0. The van der Waals surface area contributed by atoms with Gasteiger partial charge < -0.3 is 4.98 Å². The van der Waals surface area contributed by atoms with Gasteiger partial charge >= 0.3 is 5.69 Å². The second-order valence-electron chi connectivity index (χ2n) is 4.74. The Morgan fingerprint density at radius 3 is 2.43 bits per heavy atom. The molecule has 1 heterocycles. The molecule has 0 aromatic carbocycles. The Morgan fingerprint density at radius 2 is 1.93 bits per heavy atom. The van der Waals surface area contributed by atoms with Crippen LogP contribution in [0.3, 0.4) is 0 Å². The van der Waals surface area contributed by atoms with Gasteiger partial charge in [-0.2, -0.15) is 0 Å². The first-order valence-corrected chi connectivity index (χ1v) is 5.42. The zero-order chi connectivity index (χ0) is 10.1. The average Bonchev–Trinajstić information content (AvgIpc) is 2.49. The van der Waals surface area contributed by atoms with E-state index >= 15 is 0 Å². The third-order valence-corrected chi connectivity index (χ3v) is 3.22. The van der Waals surface area contributed by atoms with Crippen molar-refractivity contribution in [2.75, 3.05) is 0 Å². The van der Waals surface area contributed by atoms with Gasteiger partial charge in [0.25, 0.3) is 0 Å². The van der Waals surface area contributed by atoms with Crippen molar-refractivity contribution in [3.8, 4) is 0 Å². The minimum absolute atomic E-state index is 0.0382. The van der Waals surface area contributed by atoms with Crippen molar-refractivity contribution < 1.29 is 0 Å². The van der Waals surface area contributed by atoms with Crippen LogP contribution in [0.2, 0.25) is 0 Å². The highest BCUT2D eigenvalue weighted by atomic mass is 16.1. The number of rotatable bonds is 1. The number of nitrogens with zero attached hydrogens (tertiary/aromatic N) is 1. The maximum Gasteiger partial charge on any atom is 0.325 e. The van der Waals surface area contributed by atoms with Gasteiger partial charge in [-0.05, 0) is 31.1 Å². The van der Waals surface area contributed by atoms with E-state index in [1.54, 1.807) is 6.20 Å². The molecule has 1 aliphatic rings. The van der Waals surface area contributed by atoms with Gasteiger partial charge in [-0.1, -0.05) is 13.8 Å². The van der Waals surface area contributed by atoms with E-state index in [0.29, 0.717) is 6.04 Å². The summed E-state index contributed by atoms with van der Waals surface area (Å²) in [6.07, 6.45) is 7.18. The predicted octanol–water partition coefficient (Wildman–Crippen LogP) is 2.17. The lowest BCUT2D eigenvalue weighted by atomic mass is 9.80. The van der Waals surface area contributed by atoms with Gasteiger partial charge in [-0.3, -0.25) is 4.57 Å². The molecule has 78 valence electrons. The van der Waals surface area contributed by atoms with Gasteiger partial charge in [0.05, 0.1) is 0 Å². The lowest BCUT2D eigenvalue weighted by Gasteiger charge is -2.31. The van der Waals surface area contributed by atoms with Crippen LogP contribution in [-0.2, 0) is 0 Å². The van der Waals surface area contributed by atoms with Crippen LogP contribution < -0.4 is 5.69 Å². The molecule has 0 amide bonds. The summed E-state index contributed by atoms with van der Waals surface area (Å²) < 4.78 is 1.85. The zero-order valence-corrected chi connectivity index (χ0v) is 8.86. The maximum atomic E-state index is 11.4. The van der Waals surface area contributed by atoms with E-state index < -0.39 is 0 Å². The van der Waals surface area contributed by atoms with Crippen molar-refractivity contribution in [3.05, 3.63) is 22.9 Å². The number of aromatic nitrogens is 2. The third kappa shape index (κ3) is 1.76. The van der Waals surface area contributed by atoms with Gasteiger partial charge in [0, 0.05) is 18.4 Å². The fraction of sp³-hybridized carbons (Fsp3) is 0.727. The van der Waals surface area contributed by atoms with Crippen LogP contribution in [-0.4, -0.2) is 9.55 Å². The SMILES string of the molecule is CC1CC(C)CC(n2cc[nH]c2=O)C1. The quantitative estimate of drug-likeness (QED) is 0.731. The Morgan fingerprint density at radius 1 is 1.29 bits per heavy atom. The van der Waals surface area contributed by atoms with Crippen LogP contribution >= 0.6 is 0 Å². The van der Waals surface area contributed by atoms with Crippen molar-refractivity contribution in [2.45, 2.75) is 39.2 Å². The van der Waals surface area contributed by atoms with E-state index in [1.807, 2.05) is 10.8 Å². The highest BCUT2D eigenvalue weighted by Gasteiger charge is 2.25. The van der Waals surface area contributed by atoms with Crippen molar-refractivity contribution >= 4 is 0 Å². The fourth-order valence-corrected chi connectivity index (χ4v) is 2.75. The van der Waals surface area contributed by atoms with Crippen LogP contribution in [0.25, 0.3) is 0 Å². The lowest BCUT2D eigenvalue weighted by molar-refractivity contribution is 0.218. The molecule has 1 aromatic rings. The third-order valence-electron chi connectivity index (χ3n) is 3.22. The van der Waals surface area contributed by atoms with Gasteiger partial charge in [-0.15, -0.1) is 0 Å². The number of nitrogens with one attached hydrogen (secondary N) is 1. The highest BCUT2D eigenvalue weighted by Crippen LogP contribution is 2.34. The summed E-state index contributed by atoms with van der Waals surface area (Å²) in [5.74, 6) is 1.48. The number of imidazole rings is 1. The summed E-state index contributed by atoms with van der Waals surface area (Å²) in [4.78, 5) is 14.1.